The van der Waals surface area contributed by atoms with Gasteiger partial charge in [0.25, 0.3) is 5.69 Å². The molecule has 0 aliphatic rings. The van der Waals surface area contributed by atoms with E-state index in [4.69, 9.17) is 9.15 Å². The van der Waals surface area contributed by atoms with Crippen LogP contribution in [-0.2, 0) is 10.5 Å². The van der Waals surface area contributed by atoms with Crippen molar-refractivity contribution in [2.75, 3.05) is 5.32 Å². The van der Waals surface area contributed by atoms with Crippen LogP contribution in [0.15, 0.2) is 50.1 Å². The summed E-state index contributed by atoms with van der Waals surface area (Å²) in [6, 6.07) is 6.38. The predicted molar refractivity (Wildman–Crippen MR) is 107 cm³/mol. The van der Waals surface area contributed by atoms with Crippen LogP contribution in [0.3, 0.4) is 0 Å². The minimum absolute atomic E-state index is 0.238. The van der Waals surface area contributed by atoms with Gasteiger partial charge >= 0.3 is 5.97 Å². The number of aromatic nitrogens is 2. The first-order valence-corrected chi connectivity index (χ1v) is 9.95. The summed E-state index contributed by atoms with van der Waals surface area (Å²) in [5.74, 6) is -1.18. The van der Waals surface area contributed by atoms with Crippen LogP contribution in [0, 0.1) is 10.1 Å². The molecule has 1 aromatic carbocycles. The van der Waals surface area contributed by atoms with Gasteiger partial charge in [-0.2, -0.15) is 0 Å². The molecule has 0 radical (unpaired) electrons. The fourth-order valence-corrected chi connectivity index (χ4v) is 3.84. The summed E-state index contributed by atoms with van der Waals surface area (Å²) in [7, 11) is 0. The number of amides is 1. The lowest BCUT2D eigenvalue weighted by atomic mass is 10.2. The van der Waals surface area contributed by atoms with Gasteiger partial charge in [-0.05, 0) is 6.07 Å². The van der Waals surface area contributed by atoms with Crippen molar-refractivity contribution in [3.05, 3.63) is 68.3 Å². The number of anilines is 1. The molecule has 0 fully saturated rings. The third kappa shape index (κ3) is 5.27. The number of nitrogens with zero attached hydrogens (tertiary/aromatic N) is 3. The Morgan fingerprint density at radius 1 is 1.33 bits per heavy atom. The second-order valence-electron chi connectivity index (χ2n) is 5.58. The molecule has 0 aliphatic heterocycles. The highest BCUT2D eigenvalue weighted by Crippen LogP contribution is 2.28. The topological polar surface area (TPSA) is 155 Å². The van der Waals surface area contributed by atoms with Crippen LogP contribution >= 0.6 is 23.1 Å². The summed E-state index contributed by atoms with van der Waals surface area (Å²) < 4.78 is 10.8. The van der Waals surface area contributed by atoms with Crippen molar-refractivity contribution in [2.24, 2.45) is 0 Å². The Hall–Kier alpha value is -3.58. The Kier molecular flexibility index (Phi) is 6.54. The Balaban J connectivity index is 1.66. The highest BCUT2D eigenvalue weighted by molar-refractivity contribution is 8.00. The Morgan fingerprint density at radius 3 is 2.80 bits per heavy atom. The molecule has 2 heterocycles. The van der Waals surface area contributed by atoms with E-state index in [1.807, 2.05) is 0 Å². The van der Waals surface area contributed by atoms with Crippen molar-refractivity contribution < 1.29 is 23.7 Å². The molecule has 0 unspecified atom stereocenters. The van der Waals surface area contributed by atoms with Crippen LogP contribution in [0.25, 0.3) is 0 Å². The molecule has 0 atom stereocenters. The number of esters is 1. The molecule has 0 spiro atoms. The Bertz CT molecular complexity index is 1170. The summed E-state index contributed by atoms with van der Waals surface area (Å²) in [4.78, 5) is 45.7. The number of carbonyl (C=O) groups excluding carboxylic acids is 2. The molecule has 0 bridgehead atoms. The van der Waals surface area contributed by atoms with Gasteiger partial charge in [-0.3, -0.25) is 19.7 Å². The van der Waals surface area contributed by atoms with E-state index in [0.29, 0.717) is 9.47 Å². The maximum Gasteiger partial charge on any atom is 0.350 e. The van der Waals surface area contributed by atoms with Gasteiger partial charge in [0.2, 0.25) is 22.2 Å². The van der Waals surface area contributed by atoms with Crippen molar-refractivity contribution in [2.45, 2.75) is 17.0 Å². The van der Waals surface area contributed by atoms with E-state index in [0.717, 1.165) is 29.7 Å². The van der Waals surface area contributed by atoms with Crippen molar-refractivity contribution in [1.82, 2.24) is 10.2 Å². The predicted octanol–water partition coefficient (Wildman–Crippen LogP) is 2.87. The summed E-state index contributed by atoms with van der Waals surface area (Å²) in [6.07, 6.45) is 0.966. The smallest absolute Gasteiger partial charge is 0.350 e. The zero-order valence-corrected chi connectivity index (χ0v) is 16.8. The minimum Gasteiger partial charge on any atom is -0.464 e. The summed E-state index contributed by atoms with van der Waals surface area (Å²) >= 11 is 2.39. The second kappa shape index (κ2) is 9.28. The highest BCUT2D eigenvalue weighted by atomic mass is 32.2. The van der Waals surface area contributed by atoms with Gasteiger partial charge in [-0.15, -0.1) is 10.2 Å². The zero-order chi connectivity index (χ0) is 21.7. The number of hydrogen-bond donors (Lipinski definition) is 1. The van der Waals surface area contributed by atoms with Gasteiger partial charge in [0.05, 0.1) is 10.7 Å². The molecule has 1 amide bonds. The van der Waals surface area contributed by atoms with Crippen LogP contribution in [0.4, 0.5) is 10.8 Å². The van der Waals surface area contributed by atoms with Gasteiger partial charge in [-0.1, -0.05) is 35.2 Å². The van der Waals surface area contributed by atoms with Crippen LogP contribution in [0.1, 0.15) is 23.0 Å². The average molecular weight is 448 g/mol. The number of nitrogens with one attached hydrogen (secondary N) is 1. The second-order valence-corrected chi connectivity index (χ2v) is 7.78. The van der Waals surface area contributed by atoms with E-state index < -0.39 is 27.8 Å². The minimum atomic E-state index is -1.05. The standard InChI is InChI=1S/C17H12N4O7S2/c1-9(22)18-16-19-20-17(30-16)29-8-10-6-13(23)14(7-27-10)28-15(24)11-4-2-3-5-12(11)21(25)26/h2-7H,8H2,1H3,(H,18,19,22). The largest absolute Gasteiger partial charge is 0.464 e. The molecular weight excluding hydrogens is 436 g/mol. The third-order valence-corrected chi connectivity index (χ3v) is 5.40. The van der Waals surface area contributed by atoms with Gasteiger partial charge in [-0.25, -0.2) is 4.79 Å². The van der Waals surface area contributed by atoms with E-state index in [1.54, 1.807) is 0 Å². The summed E-state index contributed by atoms with van der Waals surface area (Å²) in [5, 5.41) is 21.6. The summed E-state index contributed by atoms with van der Waals surface area (Å²) in [6.45, 7) is 1.35. The number of hydrogen-bond acceptors (Lipinski definition) is 11. The first kappa shape index (κ1) is 21.1. The molecule has 11 nitrogen and oxygen atoms in total. The number of para-hydroxylation sites is 1. The molecule has 1 N–H and O–H groups in total. The van der Waals surface area contributed by atoms with Crippen LogP contribution in [0.2, 0.25) is 0 Å². The number of rotatable bonds is 7. The summed E-state index contributed by atoms with van der Waals surface area (Å²) in [5.41, 5.74) is -1.34. The molecule has 3 rings (SSSR count). The van der Waals surface area contributed by atoms with Crippen molar-refractivity contribution in [3.63, 3.8) is 0 Å². The highest BCUT2D eigenvalue weighted by Gasteiger charge is 2.22. The molecule has 2 aromatic heterocycles. The lowest BCUT2D eigenvalue weighted by molar-refractivity contribution is -0.385. The van der Waals surface area contributed by atoms with E-state index >= 15 is 0 Å². The molecule has 154 valence electrons. The monoisotopic (exact) mass is 448 g/mol. The first-order valence-electron chi connectivity index (χ1n) is 8.14. The van der Waals surface area contributed by atoms with Crippen LogP contribution in [0.5, 0.6) is 5.75 Å². The third-order valence-electron chi connectivity index (χ3n) is 3.40. The number of carbonyl (C=O) groups is 2. The number of nitro groups is 1. The van der Waals surface area contributed by atoms with Crippen LogP contribution in [-0.4, -0.2) is 27.0 Å². The zero-order valence-electron chi connectivity index (χ0n) is 15.2. The van der Waals surface area contributed by atoms with Gasteiger partial charge in [0.15, 0.2) is 4.34 Å². The number of benzene rings is 1. The number of thioether (sulfide) groups is 1. The lowest BCUT2D eigenvalue weighted by Crippen LogP contribution is -2.16. The van der Waals surface area contributed by atoms with E-state index in [9.17, 15) is 24.5 Å². The molecule has 3 aromatic rings. The number of ether oxygens (including phenoxy) is 1. The van der Waals surface area contributed by atoms with Crippen LogP contribution < -0.4 is 15.5 Å². The van der Waals surface area contributed by atoms with Gasteiger partial charge < -0.3 is 14.5 Å². The quantitative estimate of drug-likeness (QED) is 0.187. The van der Waals surface area contributed by atoms with Crippen molar-refractivity contribution in [3.8, 4) is 5.75 Å². The number of nitro benzene ring substituents is 1. The van der Waals surface area contributed by atoms with E-state index in [2.05, 4.69) is 15.5 Å². The molecule has 13 heteroatoms. The maximum atomic E-state index is 12.2. The maximum absolute atomic E-state index is 12.2. The first-order chi connectivity index (χ1) is 14.3. The Morgan fingerprint density at radius 2 is 2.10 bits per heavy atom. The Labute approximate surface area is 176 Å². The van der Waals surface area contributed by atoms with Crippen molar-refractivity contribution >= 4 is 45.8 Å². The van der Waals surface area contributed by atoms with E-state index in [-0.39, 0.29) is 23.0 Å². The lowest BCUT2D eigenvalue weighted by Gasteiger charge is -2.04. The molecule has 30 heavy (non-hydrogen) atoms. The molecule has 0 saturated carbocycles. The van der Waals surface area contributed by atoms with Gasteiger partial charge in [0, 0.05) is 19.1 Å². The van der Waals surface area contributed by atoms with Crippen molar-refractivity contribution in [1.29, 1.82) is 0 Å². The molecule has 0 saturated heterocycles. The SMILES string of the molecule is CC(=O)Nc1nnc(SCc2cc(=O)c(OC(=O)c3ccccc3[N+](=O)[O-])co2)s1. The average Bonchev–Trinajstić information content (AvgIpc) is 3.14. The van der Waals surface area contributed by atoms with E-state index in [1.165, 1.54) is 36.9 Å². The van der Waals surface area contributed by atoms with Gasteiger partial charge in [0.1, 0.15) is 17.6 Å². The molecule has 0 aliphatic carbocycles. The molecular formula is C17H12N4O7S2. The normalized spacial score (nSPS) is 10.4. The fraction of sp³-hybridized carbons (Fsp3) is 0.118. The fourth-order valence-electron chi connectivity index (χ4n) is 2.15.